The third kappa shape index (κ3) is 4.68. The molecule has 1 saturated heterocycles. The molecule has 1 fully saturated rings. The molecule has 0 atom stereocenters. The molecule has 128 valence electrons. The Kier molecular flexibility index (Phi) is 6.01. The van der Waals surface area contributed by atoms with Crippen molar-refractivity contribution in [3.05, 3.63) is 29.8 Å². The van der Waals surface area contributed by atoms with E-state index in [1.54, 1.807) is 30.0 Å². The fraction of sp³-hybridized carbons (Fsp3) is 0.562. The highest BCUT2D eigenvalue weighted by molar-refractivity contribution is 7.89. The number of benzene rings is 1. The maximum Gasteiger partial charge on any atom is 0.317 e. The van der Waals surface area contributed by atoms with Crippen molar-refractivity contribution in [1.82, 2.24) is 14.9 Å². The summed E-state index contributed by atoms with van der Waals surface area (Å²) in [5.74, 6) is 0. The first kappa shape index (κ1) is 17.7. The number of nitrogens with zero attached hydrogens (tertiary/aromatic N) is 1. The van der Waals surface area contributed by atoms with Gasteiger partial charge in [0, 0.05) is 25.7 Å². The van der Waals surface area contributed by atoms with Gasteiger partial charge in [-0.05, 0) is 37.8 Å². The van der Waals surface area contributed by atoms with E-state index >= 15 is 0 Å². The van der Waals surface area contributed by atoms with E-state index in [9.17, 15) is 13.2 Å². The SMILES string of the molecule is CCCNC(=O)N1CCC(NS(=O)(=O)c2ccccc2C)CC1. The maximum atomic E-state index is 12.5. The van der Waals surface area contributed by atoms with Gasteiger partial charge in [0.25, 0.3) is 0 Å². The topological polar surface area (TPSA) is 78.5 Å². The number of carbonyl (C=O) groups excluding carboxylic acids is 1. The zero-order valence-corrected chi connectivity index (χ0v) is 14.5. The normalized spacial score (nSPS) is 16.3. The number of urea groups is 1. The smallest absolute Gasteiger partial charge is 0.317 e. The molecular weight excluding hydrogens is 314 g/mol. The van der Waals surface area contributed by atoms with Gasteiger partial charge in [0.05, 0.1) is 4.90 Å². The molecule has 1 aromatic rings. The van der Waals surface area contributed by atoms with Crippen molar-refractivity contribution in [2.75, 3.05) is 19.6 Å². The predicted octanol–water partition coefficient (Wildman–Crippen LogP) is 1.86. The van der Waals surface area contributed by atoms with Gasteiger partial charge in [-0.1, -0.05) is 25.1 Å². The molecule has 7 heteroatoms. The number of sulfonamides is 1. The lowest BCUT2D eigenvalue weighted by Crippen LogP contribution is -2.49. The standard InChI is InChI=1S/C16H25N3O3S/c1-3-10-17-16(20)19-11-8-14(9-12-19)18-23(21,22)15-7-5-4-6-13(15)2/h4-7,14,18H,3,8-12H2,1-2H3,(H,17,20). The molecule has 0 saturated carbocycles. The first-order chi connectivity index (χ1) is 10.9. The first-order valence-electron chi connectivity index (χ1n) is 8.04. The lowest BCUT2D eigenvalue weighted by Gasteiger charge is -2.32. The Hall–Kier alpha value is -1.60. The van der Waals surface area contributed by atoms with Crippen LogP contribution in [0.4, 0.5) is 4.79 Å². The molecule has 6 nitrogen and oxygen atoms in total. The van der Waals surface area contributed by atoms with Crippen LogP contribution < -0.4 is 10.0 Å². The average Bonchev–Trinajstić information content (AvgIpc) is 2.53. The van der Waals surface area contributed by atoms with E-state index in [-0.39, 0.29) is 12.1 Å². The number of piperidine rings is 1. The summed E-state index contributed by atoms with van der Waals surface area (Å²) in [5, 5.41) is 2.85. The van der Waals surface area contributed by atoms with Gasteiger partial charge in [0.2, 0.25) is 10.0 Å². The van der Waals surface area contributed by atoms with Gasteiger partial charge in [0.1, 0.15) is 0 Å². The van der Waals surface area contributed by atoms with Crippen LogP contribution in [0.15, 0.2) is 29.2 Å². The number of nitrogens with one attached hydrogen (secondary N) is 2. The zero-order valence-electron chi connectivity index (χ0n) is 13.7. The second kappa shape index (κ2) is 7.79. The highest BCUT2D eigenvalue weighted by atomic mass is 32.2. The summed E-state index contributed by atoms with van der Waals surface area (Å²) in [6.45, 7) is 5.59. The van der Waals surface area contributed by atoms with E-state index in [0.717, 1.165) is 12.0 Å². The maximum absolute atomic E-state index is 12.5. The lowest BCUT2D eigenvalue weighted by atomic mass is 10.1. The second-order valence-electron chi connectivity index (χ2n) is 5.88. The first-order valence-corrected chi connectivity index (χ1v) is 9.53. The number of hydrogen-bond acceptors (Lipinski definition) is 3. The molecule has 0 unspecified atom stereocenters. The van der Waals surface area contributed by atoms with Crippen LogP contribution in [0.25, 0.3) is 0 Å². The number of hydrogen-bond donors (Lipinski definition) is 2. The molecule has 0 aliphatic carbocycles. The minimum atomic E-state index is -3.51. The van der Waals surface area contributed by atoms with Crippen LogP contribution in [0.2, 0.25) is 0 Å². The number of rotatable bonds is 5. The molecule has 2 amide bonds. The van der Waals surface area contributed by atoms with Crippen LogP contribution >= 0.6 is 0 Å². The molecule has 0 spiro atoms. The molecule has 2 N–H and O–H groups in total. The molecule has 0 aromatic heterocycles. The molecule has 1 heterocycles. The zero-order chi connectivity index (χ0) is 16.9. The summed E-state index contributed by atoms with van der Waals surface area (Å²) in [6, 6.07) is 6.76. The van der Waals surface area contributed by atoms with Gasteiger partial charge in [-0.15, -0.1) is 0 Å². The highest BCUT2D eigenvalue weighted by Gasteiger charge is 2.27. The third-order valence-corrected chi connectivity index (χ3v) is 5.69. The minimum absolute atomic E-state index is 0.0629. The predicted molar refractivity (Wildman–Crippen MR) is 89.8 cm³/mol. The summed E-state index contributed by atoms with van der Waals surface area (Å²) in [7, 11) is -3.51. The Balaban J connectivity index is 1.91. The third-order valence-electron chi connectivity index (χ3n) is 4.01. The van der Waals surface area contributed by atoms with Crippen molar-refractivity contribution in [3.8, 4) is 0 Å². The van der Waals surface area contributed by atoms with Crippen molar-refractivity contribution in [3.63, 3.8) is 0 Å². The molecule has 1 aliphatic rings. The van der Waals surface area contributed by atoms with E-state index in [1.807, 2.05) is 13.0 Å². The Morgan fingerprint density at radius 3 is 2.52 bits per heavy atom. The molecule has 0 bridgehead atoms. The van der Waals surface area contributed by atoms with Gasteiger partial charge in [0.15, 0.2) is 0 Å². The van der Waals surface area contributed by atoms with Crippen LogP contribution in [0, 0.1) is 6.92 Å². The Bertz CT molecular complexity index is 638. The fourth-order valence-corrected chi connectivity index (χ4v) is 4.24. The number of amides is 2. The van der Waals surface area contributed by atoms with Crippen LogP contribution in [0.3, 0.4) is 0 Å². The summed E-state index contributed by atoms with van der Waals surface area (Å²) in [5.41, 5.74) is 0.733. The Morgan fingerprint density at radius 1 is 1.26 bits per heavy atom. The molecular formula is C16H25N3O3S. The van der Waals surface area contributed by atoms with Crippen molar-refractivity contribution in [2.24, 2.45) is 0 Å². The van der Waals surface area contributed by atoms with E-state index in [4.69, 9.17) is 0 Å². The van der Waals surface area contributed by atoms with Crippen LogP contribution in [-0.2, 0) is 10.0 Å². The van der Waals surface area contributed by atoms with Crippen LogP contribution in [0.5, 0.6) is 0 Å². The Morgan fingerprint density at radius 2 is 1.91 bits per heavy atom. The minimum Gasteiger partial charge on any atom is -0.338 e. The van der Waals surface area contributed by atoms with Crippen molar-refractivity contribution < 1.29 is 13.2 Å². The van der Waals surface area contributed by atoms with Crippen LogP contribution in [-0.4, -0.2) is 45.0 Å². The van der Waals surface area contributed by atoms with Gasteiger partial charge in [-0.3, -0.25) is 0 Å². The quantitative estimate of drug-likeness (QED) is 0.859. The van der Waals surface area contributed by atoms with E-state index in [1.165, 1.54) is 0 Å². The van der Waals surface area contributed by atoms with Gasteiger partial charge < -0.3 is 10.2 Å². The molecule has 1 aromatic carbocycles. The second-order valence-corrected chi connectivity index (χ2v) is 7.56. The monoisotopic (exact) mass is 339 g/mol. The van der Waals surface area contributed by atoms with E-state index in [0.29, 0.717) is 37.4 Å². The van der Waals surface area contributed by atoms with Gasteiger partial charge in [-0.25, -0.2) is 17.9 Å². The summed E-state index contributed by atoms with van der Waals surface area (Å²) in [4.78, 5) is 14.0. The average molecular weight is 339 g/mol. The van der Waals surface area contributed by atoms with Gasteiger partial charge in [-0.2, -0.15) is 0 Å². The molecule has 23 heavy (non-hydrogen) atoms. The van der Waals surface area contributed by atoms with E-state index in [2.05, 4.69) is 10.0 Å². The van der Waals surface area contributed by atoms with Crippen molar-refractivity contribution in [1.29, 1.82) is 0 Å². The number of aryl methyl sites for hydroxylation is 1. The Labute approximate surface area is 138 Å². The fourth-order valence-electron chi connectivity index (χ4n) is 2.69. The summed E-state index contributed by atoms with van der Waals surface area (Å²) in [6.07, 6.45) is 2.16. The highest BCUT2D eigenvalue weighted by Crippen LogP contribution is 2.17. The largest absolute Gasteiger partial charge is 0.338 e. The van der Waals surface area contributed by atoms with E-state index < -0.39 is 10.0 Å². The van der Waals surface area contributed by atoms with Crippen molar-refractivity contribution in [2.45, 2.75) is 44.0 Å². The number of likely N-dealkylation sites (tertiary alicyclic amines) is 1. The summed E-state index contributed by atoms with van der Waals surface area (Å²) < 4.78 is 27.7. The number of carbonyl (C=O) groups is 1. The van der Waals surface area contributed by atoms with Gasteiger partial charge >= 0.3 is 6.03 Å². The molecule has 1 aliphatic heterocycles. The van der Waals surface area contributed by atoms with Crippen molar-refractivity contribution >= 4 is 16.1 Å². The summed E-state index contributed by atoms with van der Waals surface area (Å²) >= 11 is 0. The lowest BCUT2D eigenvalue weighted by molar-refractivity contribution is 0.180. The molecule has 0 radical (unpaired) electrons. The molecule has 2 rings (SSSR count). The van der Waals surface area contributed by atoms with Crippen LogP contribution in [0.1, 0.15) is 31.7 Å².